The number of rotatable bonds is 9. The molecule has 282 valence electrons. The van der Waals surface area contributed by atoms with Crippen LogP contribution in [0.1, 0.15) is 0 Å². The van der Waals surface area contributed by atoms with Gasteiger partial charge in [0.1, 0.15) is 0 Å². The number of hydrogen-bond acceptors (Lipinski definition) is 0. The van der Waals surface area contributed by atoms with Gasteiger partial charge in [-0.1, -0.05) is 218 Å². The van der Waals surface area contributed by atoms with Gasteiger partial charge in [0.25, 0.3) is 0 Å². The Morgan fingerprint density at radius 2 is 0.300 bits per heavy atom. The van der Waals surface area contributed by atoms with Crippen LogP contribution in [-0.4, -0.2) is 0 Å². The lowest BCUT2D eigenvalue weighted by atomic mass is 9.85. The molecule has 0 heteroatoms. The summed E-state index contributed by atoms with van der Waals surface area (Å²) in [4.78, 5) is 0. The van der Waals surface area contributed by atoms with Crippen molar-refractivity contribution in [3.8, 4) is 100 Å². The van der Waals surface area contributed by atoms with Gasteiger partial charge in [0, 0.05) is 0 Å². The van der Waals surface area contributed by atoms with Crippen LogP contribution >= 0.6 is 0 Å². The van der Waals surface area contributed by atoms with Gasteiger partial charge in [0.2, 0.25) is 0 Å². The molecule has 0 aliphatic carbocycles. The first-order valence-corrected chi connectivity index (χ1v) is 20.7. The summed E-state index contributed by atoms with van der Waals surface area (Å²) < 4.78 is 0. The van der Waals surface area contributed by atoms with E-state index in [0.29, 0.717) is 0 Å². The van der Waals surface area contributed by atoms with Crippen LogP contribution in [-0.2, 0) is 0 Å². The summed E-state index contributed by atoms with van der Waals surface area (Å²) in [6.45, 7) is 0. The first-order chi connectivity index (χ1) is 29.7. The zero-order valence-corrected chi connectivity index (χ0v) is 33.2. The van der Waals surface area contributed by atoms with Gasteiger partial charge < -0.3 is 0 Å². The van der Waals surface area contributed by atoms with Crippen molar-refractivity contribution < 1.29 is 0 Å². The van der Waals surface area contributed by atoms with Crippen molar-refractivity contribution in [1.82, 2.24) is 0 Å². The molecule has 0 heterocycles. The van der Waals surface area contributed by atoms with Gasteiger partial charge in [-0.25, -0.2) is 0 Å². The molecule has 60 heavy (non-hydrogen) atoms. The Morgan fingerprint density at radius 3 is 0.567 bits per heavy atom. The largest absolute Gasteiger partial charge is 0.0622 e. The molecule has 0 N–H and O–H groups in total. The summed E-state index contributed by atoms with van der Waals surface area (Å²) in [5.74, 6) is 0. The lowest BCUT2D eigenvalue weighted by Gasteiger charge is -2.18. The van der Waals surface area contributed by atoms with Crippen molar-refractivity contribution in [1.29, 1.82) is 0 Å². The molecule has 10 aromatic carbocycles. The highest BCUT2D eigenvalue weighted by molar-refractivity contribution is 5.95. The molecule has 0 bridgehead atoms. The first-order valence-electron chi connectivity index (χ1n) is 20.7. The summed E-state index contributed by atoms with van der Waals surface area (Å²) in [5, 5.41) is 0. The Balaban J connectivity index is 1.17. The third-order valence-corrected chi connectivity index (χ3v) is 11.5. The minimum atomic E-state index is 1.17. The second kappa shape index (κ2) is 16.6. The normalized spacial score (nSPS) is 11.0. The molecular weight excluding hydrogens is 721 g/mol. The van der Waals surface area contributed by atoms with E-state index in [-0.39, 0.29) is 0 Å². The van der Waals surface area contributed by atoms with Crippen LogP contribution in [0.15, 0.2) is 255 Å². The average molecular weight is 763 g/mol. The number of benzene rings is 10. The third kappa shape index (κ3) is 7.51. The Morgan fingerprint density at radius 1 is 0.117 bits per heavy atom. The fraction of sp³-hybridized carbons (Fsp3) is 0. The van der Waals surface area contributed by atoms with E-state index in [9.17, 15) is 0 Å². The van der Waals surface area contributed by atoms with Crippen molar-refractivity contribution in [2.45, 2.75) is 0 Å². The Kier molecular flexibility index (Phi) is 10.1. The Hall–Kier alpha value is -7.80. The van der Waals surface area contributed by atoms with E-state index in [4.69, 9.17) is 0 Å². The molecule has 0 radical (unpaired) electrons. The number of hydrogen-bond donors (Lipinski definition) is 0. The zero-order chi connectivity index (χ0) is 40.1. The molecule has 0 aliphatic heterocycles. The van der Waals surface area contributed by atoms with E-state index in [2.05, 4.69) is 255 Å². The molecule has 0 unspecified atom stereocenters. The van der Waals surface area contributed by atoms with E-state index in [1.54, 1.807) is 0 Å². The fourth-order valence-corrected chi connectivity index (χ4v) is 8.54. The van der Waals surface area contributed by atoms with Gasteiger partial charge in [-0.2, -0.15) is 0 Å². The van der Waals surface area contributed by atoms with Crippen LogP contribution in [0.5, 0.6) is 0 Å². The van der Waals surface area contributed by atoms with Gasteiger partial charge in [0.05, 0.1) is 0 Å². The van der Waals surface area contributed by atoms with Crippen LogP contribution in [0.4, 0.5) is 0 Å². The van der Waals surface area contributed by atoms with Crippen molar-refractivity contribution in [3.63, 3.8) is 0 Å². The molecule has 0 saturated heterocycles. The lowest BCUT2D eigenvalue weighted by molar-refractivity contribution is 1.53. The van der Waals surface area contributed by atoms with Gasteiger partial charge in [0.15, 0.2) is 0 Å². The van der Waals surface area contributed by atoms with Crippen LogP contribution in [0.2, 0.25) is 0 Å². The van der Waals surface area contributed by atoms with Crippen molar-refractivity contribution in [3.05, 3.63) is 255 Å². The highest BCUT2D eigenvalue weighted by Crippen LogP contribution is 2.43. The van der Waals surface area contributed by atoms with E-state index in [0.717, 1.165) is 0 Å². The van der Waals surface area contributed by atoms with Gasteiger partial charge >= 0.3 is 0 Å². The summed E-state index contributed by atoms with van der Waals surface area (Å²) >= 11 is 0. The van der Waals surface area contributed by atoms with Crippen molar-refractivity contribution >= 4 is 0 Å². The standard InChI is InChI=1S/C60H42/c1-4-19-43(20-5-1)46-25-16-28-49(37-46)55-31-10-13-34-58(55)52-40-53(59-35-14-11-32-56(59)50-29-17-26-47(38-50)44-21-6-2-7-22-44)42-54(41-52)60-36-15-12-33-57(60)51-30-18-27-48(39-51)45-23-8-3-9-24-45/h1-42H. The Labute approximate surface area is 353 Å². The maximum atomic E-state index is 2.39. The van der Waals surface area contributed by atoms with E-state index in [1.807, 2.05) is 0 Å². The highest BCUT2D eigenvalue weighted by Gasteiger charge is 2.17. The summed E-state index contributed by atoms with van der Waals surface area (Å²) in [5.41, 5.74) is 21.5. The second-order valence-corrected chi connectivity index (χ2v) is 15.3. The van der Waals surface area contributed by atoms with Gasteiger partial charge in [-0.15, -0.1) is 0 Å². The molecule has 0 aromatic heterocycles. The van der Waals surface area contributed by atoms with E-state index >= 15 is 0 Å². The third-order valence-electron chi connectivity index (χ3n) is 11.5. The van der Waals surface area contributed by atoms with Crippen LogP contribution < -0.4 is 0 Å². The molecule has 0 nitrogen and oxygen atoms in total. The topological polar surface area (TPSA) is 0 Å². The zero-order valence-electron chi connectivity index (χ0n) is 33.2. The summed E-state index contributed by atoms with van der Waals surface area (Å²) in [7, 11) is 0. The van der Waals surface area contributed by atoms with Crippen molar-refractivity contribution in [2.24, 2.45) is 0 Å². The van der Waals surface area contributed by atoms with Crippen LogP contribution in [0.3, 0.4) is 0 Å². The second-order valence-electron chi connectivity index (χ2n) is 15.3. The van der Waals surface area contributed by atoms with E-state index in [1.165, 1.54) is 100 Å². The lowest BCUT2D eigenvalue weighted by Crippen LogP contribution is -1.92. The summed E-state index contributed by atoms with van der Waals surface area (Å²) in [6.07, 6.45) is 0. The molecule has 0 atom stereocenters. The monoisotopic (exact) mass is 762 g/mol. The quantitative estimate of drug-likeness (QED) is 0.137. The predicted molar refractivity (Wildman–Crippen MR) is 255 cm³/mol. The predicted octanol–water partition coefficient (Wildman–Crippen LogP) is 16.7. The SMILES string of the molecule is c1ccc(-c2cccc(-c3ccccc3-c3cc(-c4ccccc4-c4cccc(-c5ccccc5)c4)cc(-c4ccccc4-c4cccc(-c5ccccc5)c4)c3)c2)cc1. The highest BCUT2D eigenvalue weighted by atomic mass is 14.2. The van der Waals surface area contributed by atoms with Crippen molar-refractivity contribution in [2.75, 3.05) is 0 Å². The van der Waals surface area contributed by atoms with Gasteiger partial charge in [-0.05, 0) is 137 Å². The van der Waals surface area contributed by atoms with Crippen LogP contribution in [0.25, 0.3) is 100 Å². The molecule has 10 aromatic rings. The Bertz CT molecular complexity index is 2720. The molecule has 10 rings (SSSR count). The smallest absolute Gasteiger partial charge is 0.0105 e. The first kappa shape index (κ1) is 36.5. The molecule has 0 amide bonds. The molecule has 0 aliphatic rings. The maximum Gasteiger partial charge on any atom is -0.0105 e. The molecular formula is C60H42. The van der Waals surface area contributed by atoms with Gasteiger partial charge in [-0.3, -0.25) is 0 Å². The average Bonchev–Trinajstić information content (AvgIpc) is 3.35. The molecule has 0 saturated carbocycles. The van der Waals surface area contributed by atoms with Crippen LogP contribution in [0, 0.1) is 0 Å². The minimum Gasteiger partial charge on any atom is -0.0622 e. The van der Waals surface area contributed by atoms with E-state index < -0.39 is 0 Å². The minimum absolute atomic E-state index is 1.17. The summed E-state index contributed by atoms with van der Waals surface area (Å²) in [6, 6.07) is 92.5. The molecule has 0 fully saturated rings. The molecule has 0 spiro atoms. The maximum absolute atomic E-state index is 2.39. The fourth-order valence-electron chi connectivity index (χ4n) is 8.54.